The van der Waals surface area contributed by atoms with E-state index in [1.807, 2.05) is 30.3 Å². The standard InChI is InChI=1S/2C24H34O5S.Ca/c2*1-2-3-4-5-6-7-8-9-10-11-14-20-15-12-13-16-22(20)29-23-19-21(25)17-18-24(23)30(26,27)28;/h2*12-13,15-19,25H,2-11,14H2,1H3,(H,26,27,28);/q;;+2/p-2. The quantitative estimate of drug-likeness (QED) is 0.0317. The molecule has 4 aromatic rings. The van der Waals surface area contributed by atoms with Gasteiger partial charge in [-0.15, -0.1) is 5.75 Å². The van der Waals surface area contributed by atoms with Gasteiger partial charge in [-0.25, -0.2) is 8.42 Å². The molecule has 13 heteroatoms. The maximum absolute atomic E-state index is 11.6. The number of ether oxygens (including phenoxy) is 2. The second-order valence-electron chi connectivity index (χ2n) is 15.5. The van der Waals surface area contributed by atoms with E-state index >= 15 is 0 Å². The first kappa shape index (κ1) is 54.3. The normalized spacial score (nSPS) is 11.3. The van der Waals surface area contributed by atoms with Crippen LogP contribution in [0.25, 0.3) is 0 Å². The maximum atomic E-state index is 11.6. The van der Waals surface area contributed by atoms with Crippen LogP contribution in [0.1, 0.15) is 153 Å². The van der Waals surface area contributed by atoms with Crippen molar-refractivity contribution in [3.63, 3.8) is 0 Å². The van der Waals surface area contributed by atoms with E-state index in [0.29, 0.717) is 11.5 Å². The van der Waals surface area contributed by atoms with E-state index in [1.54, 1.807) is 18.2 Å². The van der Waals surface area contributed by atoms with Gasteiger partial charge in [-0.2, -0.15) is 8.42 Å². The van der Waals surface area contributed by atoms with Crippen molar-refractivity contribution in [3.05, 3.63) is 96.1 Å². The molecule has 0 aliphatic rings. The van der Waals surface area contributed by atoms with Crippen LogP contribution in [0.3, 0.4) is 0 Å². The van der Waals surface area contributed by atoms with Gasteiger partial charge >= 0.3 is 37.7 Å². The number of unbranched alkanes of at least 4 members (excludes halogenated alkanes) is 18. The summed E-state index contributed by atoms with van der Waals surface area (Å²) in [7, 11) is -9.19. The van der Waals surface area contributed by atoms with Gasteiger partial charge in [0, 0.05) is 6.07 Å². The van der Waals surface area contributed by atoms with E-state index in [4.69, 9.17) is 9.47 Å². The van der Waals surface area contributed by atoms with Crippen molar-refractivity contribution in [2.75, 3.05) is 0 Å². The Morgan fingerprint density at radius 3 is 1.28 bits per heavy atom. The van der Waals surface area contributed by atoms with Crippen LogP contribution in [0, 0.1) is 0 Å². The molecule has 0 saturated heterocycles. The monoisotopic (exact) mass is 906 g/mol. The minimum Gasteiger partial charge on any atom is -0.872 e. The van der Waals surface area contributed by atoms with E-state index in [9.17, 15) is 36.2 Å². The van der Waals surface area contributed by atoms with Gasteiger partial charge in [-0.1, -0.05) is 172 Å². The molecule has 0 atom stereocenters. The number of benzene rings is 4. The minimum absolute atomic E-state index is 0. The first-order chi connectivity index (χ1) is 28.8. The molecule has 332 valence electrons. The molecule has 0 amide bonds. The predicted octanol–water partition coefficient (Wildman–Crippen LogP) is 12.4. The summed E-state index contributed by atoms with van der Waals surface area (Å²) < 4.78 is 78.6. The zero-order valence-electron chi connectivity index (χ0n) is 36.3. The Hall–Kier alpha value is -2.84. The fraction of sp³-hybridized carbons (Fsp3) is 0.500. The Balaban J connectivity index is 0.000000413. The molecule has 0 fully saturated rings. The molecule has 0 heterocycles. The Bertz CT molecular complexity index is 1910. The van der Waals surface area contributed by atoms with Gasteiger partial charge in [0.15, 0.2) is 5.75 Å². The molecule has 4 aromatic carbocycles. The smallest absolute Gasteiger partial charge is 0.872 e. The number of aryl methyl sites for hydroxylation is 2. The minimum atomic E-state index is -4.73. The number of rotatable bonds is 28. The van der Waals surface area contributed by atoms with Crippen LogP contribution in [-0.2, 0) is 33.1 Å². The Labute approximate surface area is 396 Å². The number of phenols is 1. The summed E-state index contributed by atoms with van der Waals surface area (Å²) >= 11 is 0. The summed E-state index contributed by atoms with van der Waals surface area (Å²) in [5.41, 5.74) is 1.91. The van der Waals surface area contributed by atoms with Crippen LogP contribution in [0.4, 0.5) is 0 Å². The van der Waals surface area contributed by atoms with E-state index in [0.717, 1.165) is 73.9 Å². The molecule has 0 saturated carbocycles. The first-order valence-electron chi connectivity index (χ1n) is 21.9. The van der Waals surface area contributed by atoms with Crippen LogP contribution in [0.15, 0.2) is 94.7 Å². The van der Waals surface area contributed by atoms with Gasteiger partial charge in [0.1, 0.15) is 38.0 Å². The molecule has 0 unspecified atom stereocenters. The first-order valence-corrected chi connectivity index (χ1v) is 24.8. The molecule has 0 bridgehead atoms. The maximum Gasteiger partial charge on any atom is 2.00 e. The number of hydrogen-bond donors (Lipinski definition) is 2. The molecular formula is C48H66CaO10S2. The summed E-state index contributed by atoms with van der Waals surface area (Å²) in [5, 5.41) is 21.3. The van der Waals surface area contributed by atoms with E-state index in [-0.39, 0.29) is 59.9 Å². The van der Waals surface area contributed by atoms with Crippen LogP contribution in [0.2, 0.25) is 0 Å². The molecule has 0 aliphatic carbocycles. The SMILES string of the molecule is CCCCCCCCCCCCc1ccccc1Oc1cc(O)ccc1S(=O)(=O)O.CCCCCCCCCCCCc1ccccc1Oc1cc([O-])ccc1S(=O)(=O)[O-].[Ca+2]. The number of para-hydroxylation sites is 2. The Morgan fingerprint density at radius 1 is 0.492 bits per heavy atom. The van der Waals surface area contributed by atoms with Gasteiger partial charge in [-0.05, 0) is 73.2 Å². The third kappa shape index (κ3) is 21.9. The molecule has 0 aromatic heterocycles. The summed E-state index contributed by atoms with van der Waals surface area (Å²) in [4.78, 5) is -0.884. The van der Waals surface area contributed by atoms with Crippen molar-refractivity contribution in [2.45, 2.75) is 165 Å². The van der Waals surface area contributed by atoms with Crippen LogP contribution in [0.5, 0.6) is 34.5 Å². The Kier molecular flexibility index (Phi) is 27.0. The summed E-state index contributed by atoms with van der Waals surface area (Å²) in [6.07, 6.45) is 26.7. The molecule has 0 aliphatic heterocycles. The average molecular weight is 907 g/mol. The van der Waals surface area contributed by atoms with Gasteiger partial charge in [-0.3, -0.25) is 4.55 Å². The van der Waals surface area contributed by atoms with E-state index in [2.05, 4.69) is 13.8 Å². The summed E-state index contributed by atoms with van der Waals surface area (Å²) in [6.45, 7) is 4.47. The van der Waals surface area contributed by atoms with Gasteiger partial charge in [0.05, 0.1) is 4.90 Å². The van der Waals surface area contributed by atoms with Crippen molar-refractivity contribution in [2.24, 2.45) is 0 Å². The third-order valence-electron chi connectivity index (χ3n) is 10.4. The molecule has 2 N–H and O–H groups in total. The average Bonchev–Trinajstić information content (AvgIpc) is 3.20. The van der Waals surface area contributed by atoms with Crippen molar-refractivity contribution < 1.29 is 45.6 Å². The number of phenolic OH excluding ortho intramolecular Hbond substituents is 1. The van der Waals surface area contributed by atoms with Crippen molar-refractivity contribution in [1.82, 2.24) is 0 Å². The third-order valence-corrected chi connectivity index (χ3v) is 12.1. The topological polar surface area (TPSA) is 173 Å². The van der Waals surface area contributed by atoms with Crippen LogP contribution < -0.4 is 14.6 Å². The van der Waals surface area contributed by atoms with Crippen molar-refractivity contribution >= 4 is 58.0 Å². The van der Waals surface area contributed by atoms with E-state index < -0.39 is 30.9 Å². The van der Waals surface area contributed by atoms with Crippen LogP contribution in [-0.4, -0.2) is 68.8 Å². The largest absolute Gasteiger partial charge is 2.00 e. The second-order valence-corrected chi connectivity index (χ2v) is 18.2. The molecule has 0 spiro atoms. The summed E-state index contributed by atoms with van der Waals surface area (Å²) in [6, 6.07) is 21.4. The molecule has 61 heavy (non-hydrogen) atoms. The van der Waals surface area contributed by atoms with Gasteiger partial charge in [0.2, 0.25) is 0 Å². The zero-order chi connectivity index (χ0) is 43.6. The van der Waals surface area contributed by atoms with Crippen LogP contribution >= 0.6 is 0 Å². The fourth-order valence-electron chi connectivity index (χ4n) is 7.03. The number of hydrogen-bond acceptors (Lipinski definition) is 9. The second kappa shape index (κ2) is 30.3. The molecule has 10 nitrogen and oxygen atoms in total. The molecule has 4 rings (SSSR count). The predicted molar refractivity (Wildman–Crippen MR) is 242 cm³/mol. The molecular weight excluding hydrogens is 841 g/mol. The molecule has 0 radical (unpaired) electrons. The van der Waals surface area contributed by atoms with E-state index in [1.165, 1.54) is 115 Å². The number of aromatic hydroxyl groups is 1. The Morgan fingerprint density at radius 2 is 0.869 bits per heavy atom. The van der Waals surface area contributed by atoms with Gasteiger partial charge < -0.3 is 24.2 Å². The zero-order valence-corrected chi connectivity index (χ0v) is 40.2. The summed E-state index contributed by atoms with van der Waals surface area (Å²) in [5.74, 6) is 0.156. The fourth-order valence-corrected chi connectivity index (χ4v) is 8.20. The van der Waals surface area contributed by atoms with Crippen molar-refractivity contribution in [3.8, 4) is 34.5 Å². The van der Waals surface area contributed by atoms with Crippen molar-refractivity contribution in [1.29, 1.82) is 0 Å². The van der Waals surface area contributed by atoms with Gasteiger partial charge in [0.25, 0.3) is 10.1 Å².